The Morgan fingerprint density at radius 3 is 2.60 bits per heavy atom. The number of carbonyl (C=O) groups is 1. The molecule has 0 aliphatic carbocycles. The predicted octanol–water partition coefficient (Wildman–Crippen LogP) is 3.87. The SMILES string of the molecule is CC(C)N(C)S(=O)(=O)c1cccc(C(=O)Nc2ccnn2Cc2ccccc2Cl)c1. The van der Waals surface area contributed by atoms with Crippen molar-refractivity contribution >= 4 is 33.3 Å². The number of hydrogen-bond acceptors (Lipinski definition) is 4. The number of nitrogens with one attached hydrogen (secondary N) is 1. The van der Waals surface area contributed by atoms with Crippen LogP contribution in [0.1, 0.15) is 29.8 Å². The van der Waals surface area contributed by atoms with E-state index in [4.69, 9.17) is 11.6 Å². The summed E-state index contributed by atoms with van der Waals surface area (Å²) in [6.45, 7) is 3.96. The van der Waals surface area contributed by atoms with Crippen LogP contribution in [0.5, 0.6) is 0 Å². The van der Waals surface area contributed by atoms with Gasteiger partial charge in [0.1, 0.15) is 5.82 Å². The molecule has 0 bridgehead atoms. The van der Waals surface area contributed by atoms with E-state index in [2.05, 4.69) is 10.4 Å². The highest BCUT2D eigenvalue weighted by molar-refractivity contribution is 7.89. The zero-order valence-corrected chi connectivity index (χ0v) is 18.5. The smallest absolute Gasteiger partial charge is 0.256 e. The maximum atomic E-state index is 12.8. The molecule has 0 aliphatic heterocycles. The minimum atomic E-state index is -3.69. The van der Waals surface area contributed by atoms with E-state index in [1.807, 2.05) is 18.2 Å². The third-order valence-corrected chi connectivity index (χ3v) is 7.13. The molecule has 0 radical (unpaired) electrons. The molecular weight excluding hydrogens is 424 g/mol. The lowest BCUT2D eigenvalue weighted by Gasteiger charge is -2.21. The third kappa shape index (κ3) is 4.72. The van der Waals surface area contributed by atoms with Gasteiger partial charge in [-0.05, 0) is 43.7 Å². The molecule has 0 saturated carbocycles. The Labute approximate surface area is 181 Å². The molecule has 3 rings (SSSR count). The van der Waals surface area contributed by atoms with E-state index in [0.29, 0.717) is 17.4 Å². The van der Waals surface area contributed by atoms with E-state index in [-0.39, 0.29) is 16.5 Å². The highest BCUT2D eigenvalue weighted by Gasteiger charge is 2.24. The van der Waals surface area contributed by atoms with E-state index in [1.165, 1.54) is 23.5 Å². The van der Waals surface area contributed by atoms with Crippen molar-refractivity contribution in [3.05, 3.63) is 76.9 Å². The van der Waals surface area contributed by atoms with Crippen molar-refractivity contribution in [3.8, 4) is 0 Å². The van der Waals surface area contributed by atoms with Crippen molar-refractivity contribution in [3.63, 3.8) is 0 Å². The van der Waals surface area contributed by atoms with Crippen LogP contribution in [0.25, 0.3) is 0 Å². The first-order valence-electron chi connectivity index (χ1n) is 9.35. The second-order valence-electron chi connectivity index (χ2n) is 7.06. The minimum absolute atomic E-state index is 0.0657. The lowest BCUT2D eigenvalue weighted by molar-refractivity contribution is 0.102. The summed E-state index contributed by atoms with van der Waals surface area (Å²) in [5.74, 6) is 0.0487. The average molecular weight is 447 g/mol. The number of nitrogens with zero attached hydrogens (tertiary/aromatic N) is 3. The Kier molecular flexibility index (Phi) is 6.60. The van der Waals surface area contributed by atoms with Crippen LogP contribution in [0, 0.1) is 0 Å². The van der Waals surface area contributed by atoms with Crippen molar-refractivity contribution in [2.45, 2.75) is 31.3 Å². The fraction of sp³-hybridized carbons (Fsp3) is 0.238. The number of rotatable bonds is 7. The van der Waals surface area contributed by atoms with E-state index in [9.17, 15) is 13.2 Å². The summed E-state index contributed by atoms with van der Waals surface area (Å²) < 4.78 is 28.3. The van der Waals surface area contributed by atoms with Gasteiger partial charge in [-0.2, -0.15) is 9.40 Å². The Hall–Kier alpha value is -2.68. The van der Waals surface area contributed by atoms with Crippen molar-refractivity contribution in [2.75, 3.05) is 12.4 Å². The molecule has 0 atom stereocenters. The van der Waals surface area contributed by atoms with Gasteiger partial charge in [-0.25, -0.2) is 13.1 Å². The lowest BCUT2D eigenvalue weighted by Crippen LogP contribution is -2.33. The molecule has 158 valence electrons. The summed E-state index contributed by atoms with van der Waals surface area (Å²) in [6, 6.07) is 14.8. The topological polar surface area (TPSA) is 84.3 Å². The van der Waals surface area contributed by atoms with Crippen LogP contribution < -0.4 is 5.32 Å². The predicted molar refractivity (Wildman–Crippen MR) is 117 cm³/mol. The summed E-state index contributed by atoms with van der Waals surface area (Å²) in [5.41, 5.74) is 1.10. The van der Waals surface area contributed by atoms with Gasteiger partial charge in [-0.3, -0.25) is 4.79 Å². The summed E-state index contributed by atoms with van der Waals surface area (Å²) in [4.78, 5) is 12.8. The van der Waals surface area contributed by atoms with E-state index >= 15 is 0 Å². The number of aromatic nitrogens is 2. The van der Waals surface area contributed by atoms with Crippen LogP contribution in [0.3, 0.4) is 0 Å². The second kappa shape index (κ2) is 8.99. The van der Waals surface area contributed by atoms with Crippen LogP contribution in [0.4, 0.5) is 5.82 Å². The van der Waals surface area contributed by atoms with Gasteiger partial charge in [-0.15, -0.1) is 0 Å². The molecule has 7 nitrogen and oxygen atoms in total. The van der Waals surface area contributed by atoms with Crippen LogP contribution in [0.2, 0.25) is 5.02 Å². The van der Waals surface area contributed by atoms with Crippen LogP contribution in [-0.4, -0.2) is 41.5 Å². The molecule has 0 spiro atoms. The number of halogens is 1. The molecule has 30 heavy (non-hydrogen) atoms. The van der Waals surface area contributed by atoms with Crippen molar-refractivity contribution in [1.29, 1.82) is 0 Å². The van der Waals surface area contributed by atoms with Gasteiger partial charge in [0.15, 0.2) is 0 Å². The Morgan fingerprint density at radius 2 is 1.90 bits per heavy atom. The zero-order chi connectivity index (χ0) is 21.9. The molecule has 3 aromatic rings. The maximum Gasteiger partial charge on any atom is 0.256 e. The van der Waals surface area contributed by atoms with Gasteiger partial charge in [0.25, 0.3) is 5.91 Å². The second-order valence-corrected chi connectivity index (χ2v) is 9.47. The molecule has 1 amide bonds. The Balaban J connectivity index is 1.82. The molecule has 9 heteroatoms. The first-order chi connectivity index (χ1) is 14.2. The van der Waals surface area contributed by atoms with Gasteiger partial charge >= 0.3 is 0 Å². The molecule has 1 aromatic heterocycles. The van der Waals surface area contributed by atoms with Crippen molar-refractivity contribution in [2.24, 2.45) is 0 Å². The number of benzene rings is 2. The molecule has 0 unspecified atom stereocenters. The third-order valence-electron chi connectivity index (χ3n) is 4.74. The van der Waals surface area contributed by atoms with Gasteiger partial charge in [0.05, 0.1) is 17.6 Å². The van der Waals surface area contributed by atoms with Crippen LogP contribution in [0.15, 0.2) is 65.7 Å². The molecule has 0 saturated heterocycles. The molecule has 0 aliphatic rings. The Morgan fingerprint density at radius 1 is 1.17 bits per heavy atom. The number of amides is 1. The van der Waals surface area contributed by atoms with Gasteiger partial charge in [-0.1, -0.05) is 35.9 Å². The number of carbonyl (C=O) groups excluding carboxylic acids is 1. The van der Waals surface area contributed by atoms with E-state index < -0.39 is 15.9 Å². The van der Waals surface area contributed by atoms with Crippen LogP contribution in [-0.2, 0) is 16.6 Å². The first-order valence-corrected chi connectivity index (χ1v) is 11.2. The van der Waals surface area contributed by atoms with E-state index in [1.54, 1.807) is 49.0 Å². The van der Waals surface area contributed by atoms with Gasteiger partial charge < -0.3 is 5.32 Å². The number of anilines is 1. The zero-order valence-electron chi connectivity index (χ0n) is 16.9. The largest absolute Gasteiger partial charge is 0.307 e. The summed E-state index contributed by atoms with van der Waals surface area (Å²) in [5, 5.41) is 7.64. The van der Waals surface area contributed by atoms with Crippen molar-refractivity contribution < 1.29 is 13.2 Å². The highest BCUT2D eigenvalue weighted by atomic mass is 35.5. The molecule has 1 heterocycles. The van der Waals surface area contributed by atoms with Crippen molar-refractivity contribution in [1.82, 2.24) is 14.1 Å². The molecule has 2 aromatic carbocycles. The lowest BCUT2D eigenvalue weighted by atomic mass is 10.2. The minimum Gasteiger partial charge on any atom is -0.307 e. The standard InChI is InChI=1S/C21H23ClN4O3S/c1-15(2)25(3)30(28,29)18-9-6-8-16(13-18)21(27)24-20-11-12-23-26(20)14-17-7-4-5-10-19(17)22/h4-13,15H,14H2,1-3H3,(H,24,27). The van der Waals surface area contributed by atoms with Gasteiger partial charge in [0.2, 0.25) is 10.0 Å². The number of sulfonamides is 1. The number of hydrogen-bond donors (Lipinski definition) is 1. The van der Waals surface area contributed by atoms with E-state index in [0.717, 1.165) is 5.56 Å². The molecule has 0 fully saturated rings. The molecular formula is C21H23ClN4O3S. The fourth-order valence-corrected chi connectivity index (χ4v) is 4.39. The summed E-state index contributed by atoms with van der Waals surface area (Å²) in [7, 11) is -2.17. The monoisotopic (exact) mass is 446 g/mol. The summed E-state index contributed by atoms with van der Waals surface area (Å²) in [6.07, 6.45) is 1.57. The average Bonchev–Trinajstić information content (AvgIpc) is 3.15. The fourth-order valence-electron chi connectivity index (χ4n) is 2.78. The quantitative estimate of drug-likeness (QED) is 0.597. The maximum absolute atomic E-state index is 12.8. The normalized spacial score (nSPS) is 11.8. The highest BCUT2D eigenvalue weighted by Crippen LogP contribution is 2.20. The first kappa shape index (κ1) is 22.0. The summed E-state index contributed by atoms with van der Waals surface area (Å²) >= 11 is 6.21. The Bertz CT molecular complexity index is 1160. The molecule has 1 N–H and O–H groups in total. The van der Waals surface area contributed by atoms with Crippen LogP contribution >= 0.6 is 11.6 Å². The van der Waals surface area contributed by atoms with Gasteiger partial charge in [0, 0.05) is 29.7 Å².